The molecule has 0 aromatic heterocycles. The molecule has 2 rings (SSSR count). The lowest BCUT2D eigenvalue weighted by Gasteiger charge is -2.12. The van der Waals surface area contributed by atoms with Crippen LogP contribution in [0.25, 0.3) is 0 Å². The zero-order valence-electron chi connectivity index (χ0n) is 11.7. The molecule has 1 aliphatic heterocycles. The number of ether oxygens (including phenoxy) is 2. The summed E-state index contributed by atoms with van der Waals surface area (Å²) in [6.07, 6.45) is 0.831. The third kappa shape index (κ3) is 3.72. The molecule has 0 saturated carbocycles. The second-order valence-electron chi connectivity index (χ2n) is 4.81. The highest BCUT2D eigenvalue weighted by Gasteiger charge is 2.22. The third-order valence-corrected chi connectivity index (χ3v) is 4.75. The highest BCUT2D eigenvalue weighted by Crippen LogP contribution is 2.22. The van der Waals surface area contributed by atoms with Gasteiger partial charge in [0, 0.05) is 13.2 Å². The molecule has 116 valence electrons. The average Bonchev–Trinajstić information content (AvgIpc) is 2.97. The number of benzene rings is 1. The minimum atomic E-state index is -3.70. The van der Waals surface area contributed by atoms with Crippen molar-refractivity contribution in [3.05, 3.63) is 23.8 Å². The fourth-order valence-electron chi connectivity index (χ4n) is 2.10. The lowest BCUT2D eigenvalue weighted by Crippen LogP contribution is -2.30. The van der Waals surface area contributed by atoms with Gasteiger partial charge >= 0.3 is 0 Å². The van der Waals surface area contributed by atoms with Crippen LogP contribution in [0.3, 0.4) is 0 Å². The summed E-state index contributed by atoms with van der Waals surface area (Å²) in [5.41, 5.74) is 5.26. The molecular formula is C13H18N2O5S. The van der Waals surface area contributed by atoms with Crippen LogP contribution in [0.4, 0.5) is 0 Å². The van der Waals surface area contributed by atoms with E-state index in [0.717, 1.165) is 6.42 Å². The first kappa shape index (κ1) is 15.7. The Hall–Kier alpha value is -1.64. The Morgan fingerprint density at radius 2 is 2.29 bits per heavy atom. The number of nitrogens with two attached hydrogens (primary N) is 1. The summed E-state index contributed by atoms with van der Waals surface area (Å²) < 4.78 is 37.1. The molecule has 0 spiro atoms. The molecule has 3 N–H and O–H groups in total. The molecular weight excluding hydrogens is 296 g/mol. The number of carbonyl (C=O) groups excluding carboxylic acids is 1. The third-order valence-electron chi connectivity index (χ3n) is 3.33. The predicted octanol–water partition coefficient (Wildman–Crippen LogP) is 0.109. The van der Waals surface area contributed by atoms with Gasteiger partial charge in [0.25, 0.3) is 5.91 Å². The molecule has 1 heterocycles. The monoisotopic (exact) mass is 314 g/mol. The molecule has 1 saturated heterocycles. The summed E-state index contributed by atoms with van der Waals surface area (Å²) in [6, 6.07) is 4.00. The first-order chi connectivity index (χ1) is 9.94. The van der Waals surface area contributed by atoms with Gasteiger partial charge in [-0.2, -0.15) is 0 Å². The van der Waals surface area contributed by atoms with E-state index < -0.39 is 15.9 Å². The van der Waals surface area contributed by atoms with Gasteiger partial charge in [-0.1, -0.05) is 0 Å². The second kappa shape index (κ2) is 6.42. The molecule has 0 bridgehead atoms. The van der Waals surface area contributed by atoms with Crippen molar-refractivity contribution >= 4 is 15.9 Å². The van der Waals surface area contributed by atoms with E-state index in [-0.39, 0.29) is 22.1 Å². The van der Waals surface area contributed by atoms with Crippen molar-refractivity contribution in [1.82, 2.24) is 4.72 Å². The predicted molar refractivity (Wildman–Crippen MR) is 75.6 cm³/mol. The maximum absolute atomic E-state index is 12.2. The summed E-state index contributed by atoms with van der Waals surface area (Å²) in [4.78, 5) is 11.3. The van der Waals surface area contributed by atoms with E-state index in [9.17, 15) is 13.2 Å². The van der Waals surface area contributed by atoms with Crippen molar-refractivity contribution in [2.24, 2.45) is 11.7 Å². The van der Waals surface area contributed by atoms with Crippen LogP contribution < -0.4 is 15.2 Å². The van der Waals surface area contributed by atoms with Crippen molar-refractivity contribution in [2.75, 3.05) is 26.9 Å². The Labute approximate surface area is 123 Å². The van der Waals surface area contributed by atoms with Crippen molar-refractivity contribution in [2.45, 2.75) is 11.3 Å². The van der Waals surface area contributed by atoms with Crippen molar-refractivity contribution in [3.8, 4) is 5.75 Å². The van der Waals surface area contributed by atoms with Gasteiger partial charge in [-0.3, -0.25) is 4.79 Å². The minimum absolute atomic E-state index is 0.0176. The molecule has 1 atom stereocenters. The zero-order valence-corrected chi connectivity index (χ0v) is 12.5. The van der Waals surface area contributed by atoms with Crippen LogP contribution in [0.2, 0.25) is 0 Å². The molecule has 1 fully saturated rings. The van der Waals surface area contributed by atoms with Crippen LogP contribution in [0, 0.1) is 5.92 Å². The molecule has 1 aromatic carbocycles. The Morgan fingerprint density at radius 1 is 1.52 bits per heavy atom. The number of hydrogen-bond acceptors (Lipinski definition) is 5. The SMILES string of the molecule is COc1ccc(S(=O)(=O)NC[C@H]2CCOC2)cc1C(N)=O. The van der Waals surface area contributed by atoms with Gasteiger partial charge in [-0.05, 0) is 30.5 Å². The standard InChI is InChI=1S/C13H18N2O5S/c1-19-12-3-2-10(6-11(12)13(14)16)21(17,18)15-7-9-4-5-20-8-9/h2-3,6,9,15H,4-5,7-8H2,1H3,(H2,14,16)/t9-/m1/s1. The number of nitrogens with one attached hydrogen (secondary N) is 1. The normalized spacial score (nSPS) is 18.6. The van der Waals surface area contributed by atoms with Gasteiger partial charge in [-0.25, -0.2) is 13.1 Å². The molecule has 8 heteroatoms. The second-order valence-corrected chi connectivity index (χ2v) is 6.57. The highest BCUT2D eigenvalue weighted by molar-refractivity contribution is 7.89. The van der Waals surface area contributed by atoms with E-state index in [2.05, 4.69) is 4.72 Å². The lowest BCUT2D eigenvalue weighted by atomic mass is 10.1. The first-order valence-corrected chi connectivity index (χ1v) is 7.97. The van der Waals surface area contributed by atoms with E-state index >= 15 is 0 Å². The maximum atomic E-state index is 12.2. The molecule has 0 aliphatic carbocycles. The topological polar surface area (TPSA) is 108 Å². The van der Waals surface area contributed by atoms with E-state index in [0.29, 0.717) is 19.8 Å². The summed E-state index contributed by atoms with van der Waals surface area (Å²) >= 11 is 0. The van der Waals surface area contributed by atoms with Crippen molar-refractivity contribution in [1.29, 1.82) is 0 Å². The maximum Gasteiger partial charge on any atom is 0.252 e. The van der Waals surface area contributed by atoms with Gasteiger partial charge in [0.2, 0.25) is 10.0 Å². The molecule has 0 unspecified atom stereocenters. The fourth-order valence-corrected chi connectivity index (χ4v) is 3.24. The molecule has 7 nitrogen and oxygen atoms in total. The summed E-state index contributed by atoms with van der Waals surface area (Å²) in [6.45, 7) is 1.51. The van der Waals surface area contributed by atoms with E-state index in [1.54, 1.807) is 0 Å². The van der Waals surface area contributed by atoms with Gasteiger partial charge < -0.3 is 15.2 Å². The zero-order chi connectivity index (χ0) is 15.5. The van der Waals surface area contributed by atoms with E-state index in [1.165, 1.54) is 25.3 Å². The number of rotatable bonds is 6. The van der Waals surface area contributed by atoms with Gasteiger partial charge in [0.1, 0.15) is 5.75 Å². The van der Waals surface area contributed by atoms with Crippen LogP contribution in [-0.2, 0) is 14.8 Å². The Bertz CT molecular complexity index is 623. The van der Waals surface area contributed by atoms with Gasteiger partial charge in [0.15, 0.2) is 0 Å². The van der Waals surface area contributed by atoms with Gasteiger partial charge in [-0.15, -0.1) is 0 Å². The molecule has 21 heavy (non-hydrogen) atoms. The highest BCUT2D eigenvalue weighted by atomic mass is 32.2. The van der Waals surface area contributed by atoms with Crippen molar-refractivity contribution < 1.29 is 22.7 Å². The van der Waals surface area contributed by atoms with Crippen LogP contribution in [-0.4, -0.2) is 41.2 Å². The summed E-state index contributed by atoms with van der Waals surface area (Å²) in [7, 11) is -2.31. The summed E-state index contributed by atoms with van der Waals surface area (Å²) in [5.74, 6) is -0.327. The number of sulfonamides is 1. The number of primary amides is 1. The Balaban J connectivity index is 2.18. The van der Waals surface area contributed by atoms with E-state index in [4.69, 9.17) is 15.2 Å². The van der Waals surface area contributed by atoms with Crippen LogP contribution in [0.1, 0.15) is 16.8 Å². The van der Waals surface area contributed by atoms with Crippen LogP contribution in [0.5, 0.6) is 5.75 Å². The van der Waals surface area contributed by atoms with Crippen LogP contribution >= 0.6 is 0 Å². The Morgan fingerprint density at radius 3 is 2.86 bits per heavy atom. The molecule has 1 aliphatic rings. The average molecular weight is 314 g/mol. The number of methoxy groups -OCH3 is 1. The summed E-state index contributed by atoms with van der Waals surface area (Å²) in [5, 5.41) is 0. The fraction of sp³-hybridized carbons (Fsp3) is 0.462. The van der Waals surface area contributed by atoms with Crippen LogP contribution in [0.15, 0.2) is 23.1 Å². The first-order valence-electron chi connectivity index (χ1n) is 6.49. The number of carbonyl (C=O) groups is 1. The minimum Gasteiger partial charge on any atom is -0.496 e. The molecule has 0 radical (unpaired) electrons. The lowest BCUT2D eigenvalue weighted by molar-refractivity contribution is 0.0997. The Kier molecular flexibility index (Phi) is 4.81. The molecule has 1 amide bonds. The van der Waals surface area contributed by atoms with E-state index in [1.807, 2.05) is 0 Å². The number of hydrogen-bond donors (Lipinski definition) is 2. The largest absolute Gasteiger partial charge is 0.496 e. The number of amides is 1. The smallest absolute Gasteiger partial charge is 0.252 e. The van der Waals surface area contributed by atoms with Gasteiger partial charge in [0.05, 0.1) is 24.2 Å². The quantitative estimate of drug-likeness (QED) is 0.775. The van der Waals surface area contributed by atoms with Crippen molar-refractivity contribution in [3.63, 3.8) is 0 Å². The molecule has 1 aromatic rings.